The molecule has 4 rings (SSSR count). The van der Waals surface area contributed by atoms with Crippen LogP contribution in [0.4, 0.5) is 10.2 Å². The molecule has 1 unspecified atom stereocenters. The summed E-state index contributed by atoms with van der Waals surface area (Å²) in [5.41, 5.74) is 1.49. The van der Waals surface area contributed by atoms with Gasteiger partial charge in [-0.15, -0.1) is 5.10 Å². The second kappa shape index (κ2) is 8.26. The lowest BCUT2D eigenvalue weighted by Gasteiger charge is -2.29. The van der Waals surface area contributed by atoms with Crippen LogP contribution in [-0.2, 0) is 0 Å². The maximum Gasteiger partial charge on any atom is 0.271 e. The molecule has 0 spiro atoms. The Morgan fingerprint density at radius 1 is 1.32 bits per heavy atom. The molecule has 3 heterocycles. The molecule has 164 valence electrons. The second-order valence-corrected chi connectivity index (χ2v) is 9.09. The monoisotopic (exact) mass is 425 g/mol. The molecule has 7 nitrogen and oxygen atoms in total. The van der Waals surface area contributed by atoms with E-state index in [0.717, 1.165) is 24.9 Å². The van der Waals surface area contributed by atoms with E-state index in [9.17, 15) is 14.3 Å². The SMILES string of the molecule is CC(C)(C)[C@@H](CO)NC(=O)c1cnc2ccc(N3CCCC3c3cccc(F)c3)nn12. The van der Waals surface area contributed by atoms with Crippen molar-refractivity contribution in [3.8, 4) is 0 Å². The van der Waals surface area contributed by atoms with Gasteiger partial charge in [0.25, 0.3) is 5.91 Å². The van der Waals surface area contributed by atoms with Gasteiger partial charge in [0.1, 0.15) is 11.6 Å². The molecule has 1 saturated heterocycles. The maximum absolute atomic E-state index is 13.8. The van der Waals surface area contributed by atoms with Gasteiger partial charge in [0.15, 0.2) is 11.3 Å². The topological polar surface area (TPSA) is 82.8 Å². The Morgan fingerprint density at radius 3 is 2.84 bits per heavy atom. The molecule has 1 aromatic carbocycles. The van der Waals surface area contributed by atoms with Gasteiger partial charge in [0.05, 0.1) is 24.9 Å². The summed E-state index contributed by atoms with van der Waals surface area (Å²) >= 11 is 0. The molecule has 0 saturated carbocycles. The van der Waals surface area contributed by atoms with Crippen molar-refractivity contribution in [3.63, 3.8) is 0 Å². The molecule has 2 N–H and O–H groups in total. The molecule has 1 amide bonds. The zero-order valence-corrected chi connectivity index (χ0v) is 18.0. The number of rotatable bonds is 5. The van der Waals surface area contributed by atoms with Crippen LogP contribution >= 0.6 is 0 Å². The number of aliphatic hydroxyl groups is 1. The minimum absolute atomic E-state index is 0.0288. The van der Waals surface area contributed by atoms with Crippen LogP contribution in [0.15, 0.2) is 42.6 Å². The van der Waals surface area contributed by atoms with Crippen LogP contribution in [0.5, 0.6) is 0 Å². The fraction of sp³-hybridized carbons (Fsp3) is 0.435. The van der Waals surface area contributed by atoms with E-state index in [1.165, 1.54) is 16.8 Å². The number of anilines is 1. The number of halogens is 1. The second-order valence-electron chi connectivity index (χ2n) is 9.09. The number of nitrogens with zero attached hydrogens (tertiary/aromatic N) is 4. The van der Waals surface area contributed by atoms with Crippen molar-refractivity contribution < 1.29 is 14.3 Å². The van der Waals surface area contributed by atoms with Crippen molar-refractivity contribution in [2.45, 2.75) is 45.7 Å². The van der Waals surface area contributed by atoms with Crippen molar-refractivity contribution in [3.05, 3.63) is 59.7 Å². The fourth-order valence-corrected chi connectivity index (χ4v) is 4.04. The Kier molecular flexibility index (Phi) is 5.66. The lowest BCUT2D eigenvalue weighted by Crippen LogP contribution is -2.46. The van der Waals surface area contributed by atoms with Crippen LogP contribution in [0, 0.1) is 11.2 Å². The highest BCUT2D eigenvalue weighted by molar-refractivity contribution is 5.93. The largest absolute Gasteiger partial charge is 0.394 e. The third-order valence-corrected chi connectivity index (χ3v) is 5.89. The number of benzene rings is 1. The van der Waals surface area contributed by atoms with Gasteiger partial charge < -0.3 is 15.3 Å². The van der Waals surface area contributed by atoms with Gasteiger partial charge in [-0.25, -0.2) is 13.9 Å². The Labute approximate surface area is 180 Å². The van der Waals surface area contributed by atoms with Crippen molar-refractivity contribution in [2.75, 3.05) is 18.1 Å². The Balaban J connectivity index is 1.64. The molecular weight excluding hydrogens is 397 g/mol. The maximum atomic E-state index is 13.8. The Morgan fingerprint density at radius 2 is 2.13 bits per heavy atom. The average Bonchev–Trinajstić information content (AvgIpc) is 3.37. The van der Waals surface area contributed by atoms with E-state index in [-0.39, 0.29) is 29.8 Å². The molecule has 0 bridgehead atoms. The van der Waals surface area contributed by atoms with Gasteiger partial charge in [-0.1, -0.05) is 32.9 Å². The lowest BCUT2D eigenvalue weighted by atomic mass is 9.87. The van der Waals surface area contributed by atoms with E-state index in [1.54, 1.807) is 12.1 Å². The fourth-order valence-electron chi connectivity index (χ4n) is 4.04. The number of aliphatic hydroxyl groups excluding tert-OH is 1. The van der Waals surface area contributed by atoms with E-state index in [0.29, 0.717) is 17.2 Å². The van der Waals surface area contributed by atoms with E-state index < -0.39 is 6.04 Å². The number of amides is 1. The van der Waals surface area contributed by atoms with Gasteiger partial charge in [-0.3, -0.25) is 4.79 Å². The lowest BCUT2D eigenvalue weighted by molar-refractivity contribution is 0.0841. The van der Waals surface area contributed by atoms with E-state index in [2.05, 4.69) is 15.2 Å². The Bertz CT molecular complexity index is 1090. The number of hydrogen-bond acceptors (Lipinski definition) is 5. The molecule has 31 heavy (non-hydrogen) atoms. The molecule has 1 aliphatic rings. The van der Waals surface area contributed by atoms with E-state index >= 15 is 0 Å². The third kappa shape index (κ3) is 4.25. The van der Waals surface area contributed by atoms with Gasteiger partial charge in [-0.05, 0) is 48.1 Å². The van der Waals surface area contributed by atoms with Gasteiger partial charge >= 0.3 is 0 Å². The van der Waals surface area contributed by atoms with Crippen LogP contribution in [0.25, 0.3) is 5.65 Å². The zero-order valence-electron chi connectivity index (χ0n) is 18.0. The first-order valence-electron chi connectivity index (χ1n) is 10.6. The van der Waals surface area contributed by atoms with Gasteiger partial charge in [0, 0.05) is 6.54 Å². The number of fused-ring (bicyclic) bond motifs is 1. The van der Waals surface area contributed by atoms with Crippen molar-refractivity contribution in [1.82, 2.24) is 19.9 Å². The summed E-state index contributed by atoms with van der Waals surface area (Å²) in [5.74, 6) is 0.119. The van der Waals surface area contributed by atoms with Crippen LogP contribution in [0.1, 0.15) is 55.7 Å². The smallest absolute Gasteiger partial charge is 0.271 e. The predicted molar refractivity (Wildman–Crippen MR) is 117 cm³/mol. The summed E-state index contributed by atoms with van der Waals surface area (Å²) in [4.78, 5) is 19.4. The molecule has 2 atom stereocenters. The summed E-state index contributed by atoms with van der Waals surface area (Å²) in [6, 6.07) is 10.0. The standard InChI is InChI=1S/C23H28FN5O2/c1-23(2,3)19(14-30)26-22(31)18-13-25-20-9-10-21(27-29(18)20)28-11-5-8-17(28)15-6-4-7-16(24)12-15/h4,6-7,9-10,12-13,17,19,30H,5,8,11,14H2,1-3H3,(H,26,31)/t17?,19-/m1/s1. The number of nitrogens with one attached hydrogen (secondary N) is 1. The summed E-state index contributed by atoms with van der Waals surface area (Å²) in [6.45, 7) is 6.51. The van der Waals surface area contributed by atoms with Crippen LogP contribution in [0.2, 0.25) is 0 Å². The molecule has 8 heteroatoms. The summed E-state index contributed by atoms with van der Waals surface area (Å²) in [6.07, 6.45) is 3.37. The first-order valence-corrected chi connectivity index (χ1v) is 10.6. The number of carbonyl (C=O) groups excluding carboxylic acids is 1. The van der Waals surface area contributed by atoms with Gasteiger partial charge in [-0.2, -0.15) is 0 Å². The van der Waals surface area contributed by atoms with E-state index in [1.807, 2.05) is 39.0 Å². The summed E-state index contributed by atoms with van der Waals surface area (Å²) in [7, 11) is 0. The third-order valence-electron chi connectivity index (χ3n) is 5.89. The molecule has 1 aliphatic heterocycles. The zero-order chi connectivity index (χ0) is 22.2. The minimum Gasteiger partial charge on any atom is -0.394 e. The van der Waals surface area contributed by atoms with Gasteiger partial charge in [0.2, 0.25) is 0 Å². The summed E-state index contributed by atoms with van der Waals surface area (Å²) < 4.78 is 15.3. The Hall–Kier alpha value is -3.00. The molecular formula is C23H28FN5O2. The van der Waals surface area contributed by atoms with E-state index in [4.69, 9.17) is 5.10 Å². The van der Waals surface area contributed by atoms with Crippen LogP contribution in [-0.4, -0.2) is 44.8 Å². The van der Waals surface area contributed by atoms with Crippen molar-refractivity contribution >= 4 is 17.4 Å². The predicted octanol–water partition coefficient (Wildman–Crippen LogP) is 3.35. The number of imidazole rings is 1. The molecule has 1 fully saturated rings. The molecule has 3 aromatic rings. The number of aromatic nitrogens is 3. The first kappa shape index (κ1) is 21.2. The molecule has 2 aromatic heterocycles. The molecule has 0 radical (unpaired) electrons. The number of carbonyl (C=O) groups is 1. The normalized spacial score (nSPS) is 17.8. The highest BCUT2D eigenvalue weighted by Crippen LogP contribution is 2.35. The first-order chi connectivity index (χ1) is 14.8. The average molecular weight is 426 g/mol. The van der Waals surface area contributed by atoms with Crippen molar-refractivity contribution in [2.24, 2.45) is 5.41 Å². The summed E-state index contributed by atoms with van der Waals surface area (Å²) in [5, 5.41) is 17.3. The minimum atomic E-state index is -0.398. The quantitative estimate of drug-likeness (QED) is 0.655. The highest BCUT2D eigenvalue weighted by Gasteiger charge is 2.29. The van der Waals surface area contributed by atoms with Crippen molar-refractivity contribution in [1.29, 1.82) is 0 Å². The van der Waals surface area contributed by atoms with Crippen LogP contribution in [0.3, 0.4) is 0 Å². The molecule has 0 aliphatic carbocycles. The number of hydrogen-bond donors (Lipinski definition) is 2. The van der Waals surface area contributed by atoms with Crippen LogP contribution < -0.4 is 10.2 Å². The highest BCUT2D eigenvalue weighted by atomic mass is 19.1.